The van der Waals surface area contributed by atoms with E-state index in [1.165, 1.54) is 12.1 Å². The van der Waals surface area contributed by atoms with Gasteiger partial charge in [0.1, 0.15) is 11.5 Å². The minimum absolute atomic E-state index is 0.132. The van der Waals surface area contributed by atoms with E-state index in [4.69, 9.17) is 4.74 Å². The lowest BCUT2D eigenvalue weighted by Crippen LogP contribution is -2.32. The van der Waals surface area contributed by atoms with Crippen LogP contribution in [0.3, 0.4) is 0 Å². The van der Waals surface area contributed by atoms with E-state index in [0.29, 0.717) is 30.1 Å². The summed E-state index contributed by atoms with van der Waals surface area (Å²) in [6.07, 6.45) is 0.416. The summed E-state index contributed by atoms with van der Waals surface area (Å²) in [6, 6.07) is 17.1. The number of fused-ring (bicyclic) bond motifs is 1. The normalized spacial score (nSPS) is 16.9. The topological polar surface area (TPSA) is 72.4 Å². The van der Waals surface area contributed by atoms with Crippen LogP contribution in [-0.4, -0.2) is 23.0 Å². The summed E-state index contributed by atoms with van der Waals surface area (Å²) in [7, 11) is 0. The van der Waals surface area contributed by atoms with Crippen molar-refractivity contribution in [1.82, 2.24) is 15.2 Å². The first-order chi connectivity index (χ1) is 16.4. The molecule has 0 saturated heterocycles. The fourth-order valence-electron chi connectivity index (χ4n) is 4.46. The van der Waals surface area contributed by atoms with Gasteiger partial charge in [-0.1, -0.05) is 49.4 Å². The summed E-state index contributed by atoms with van der Waals surface area (Å²) in [5, 5.41) is 6.09. The number of halogens is 1. The molecule has 0 aliphatic carbocycles. The van der Waals surface area contributed by atoms with E-state index in [0.717, 1.165) is 17.5 Å². The third kappa shape index (κ3) is 4.89. The first-order valence-electron chi connectivity index (χ1n) is 11.7. The van der Waals surface area contributed by atoms with Crippen LogP contribution in [0.15, 0.2) is 60.7 Å². The third-order valence-electron chi connectivity index (χ3n) is 6.32. The zero-order chi connectivity index (χ0) is 24.2. The Balaban J connectivity index is 1.60. The molecule has 1 aliphatic rings. The van der Waals surface area contributed by atoms with E-state index >= 15 is 0 Å². The van der Waals surface area contributed by atoms with Crippen LogP contribution in [0.4, 0.5) is 4.39 Å². The molecule has 0 fully saturated rings. The van der Waals surface area contributed by atoms with Crippen LogP contribution < -0.4 is 10.6 Å². The molecule has 2 aromatic carbocycles. The molecule has 0 saturated carbocycles. The van der Waals surface area contributed by atoms with Crippen molar-refractivity contribution in [2.75, 3.05) is 6.61 Å². The van der Waals surface area contributed by atoms with E-state index in [2.05, 4.69) is 10.6 Å². The van der Waals surface area contributed by atoms with Crippen LogP contribution in [0.2, 0.25) is 0 Å². The highest BCUT2D eigenvalue weighted by molar-refractivity contribution is 6.01. The second kappa shape index (κ2) is 10.2. The fraction of sp³-hybridized carbons (Fsp3) is 0.333. The molecule has 1 aliphatic heterocycles. The number of carbonyl (C=O) groups excluding carboxylic acids is 2. The predicted octanol–water partition coefficient (Wildman–Crippen LogP) is 5.09. The van der Waals surface area contributed by atoms with Gasteiger partial charge in [0.2, 0.25) is 0 Å². The number of benzene rings is 2. The lowest BCUT2D eigenvalue weighted by Gasteiger charge is -2.26. The molecule has 3 atom stereocenters. The number of ether oxygens (including phenoxy) is 1. The maximum atomic E-state index is 13.3. The summed E-state index contributed by atoms with van der Waals surface area (Å²) in [5.74, 6) is -0.852. The molecule has 0 radical (unpaired) electrons. The molecule has 3 aromatic rings. The number of rotatable bonds is 7. The molecule has 0 bridgehead atoms. The lowest BCUT2D eigenvalue weighted by atomic mass is 10.0. The number of carbonyl (C=O) groups is 2. The smallest absolute Gasteiger partial charge is 0.268 e. The van der Waals surface area contributed by atoms with Crippen LogP contribution in [0.5, 0.6) is 0 Å². The van der Waals surface area contributed by atoms with E-state index in [1.54, 1.807) is 18.2 Å². The van der Waals surface area contributed by atoms with E-state index < -0.39 is 0 Å². The number of aromatic nitrogens is 1. The van der Waals surface area contributed by atoms with Gasteiger partial charge in [0, 0.05) is 6.54 Å². The largest absolute Gasteiger partial charge is 0.370 e. The van der Waals surface area contributed by atoms with Gasteiger partial charge in [0.15, 0.2) is 0 Å². The van der Waals surface area contributed by atoms with Crippen LogP contribution in [0.1, 0.15) is 83.0 Å². The van der Waals surface area contributed by atoms with Gasteiger partial charge in [-0.15, -0.1) is 0 Å². The van der Waals surface area contributed by atoms with Crippen molar-refractivity contribution in [2.24, 2.45) is 0 Å². The summed E-state index contributed by atoms with van der Waals surface area (Å²) in [5.41, 5.74) is 3.37. The molecule has 1 aromatic heterocycles. The van der Waals surface area contributed by atoms with E-state index in [9.17, 15) is 14.0 Å². The van der Waals surface area contributed by atoms with Crippen molar-refractivity contribution in [1.29, 1.82) is 0 Å². The second-order valence-electron chi connectivity index (χ2n) is 8.58. The van der Waals surface area contributed by atoms with Crippen LogP contribution in [0, 0.1) is 5.82 Å². The Morgan fingerprint density at radius 2 is 1.76 bits per heavy atom. The Kier molecular flexibility index (Phi) is 7.12. The number of nitrogens with zero attached hydrogens (tertiary/aromatic N) is 1. The molecule has 2 amide bonds. The Labute approximate surface area is 199 Å². The minimum atomic E-state index is -0.330. The minimum Gasteiger partial charge on any atom is -0.370 e. The summed E-state index contributed by atoms with van der Waals surface area (Å²) >= 11 is 0. The monoisotopic (exact) mass is 463 g/mol. The maximum Gasteiger partial charge on any atom is 0.268 e. The van der Waals surface area contributed by atoms with Gasteiger partial charge in [-0.2, -0.15) is 0 Å². The van der Waals surface area contributed by atoms with Gasteiger partial charge in [-0.05, 0) is 49.6 Å². The van der Waals surface area contributed by atoms with Crippen molar-refractivity contribution in [2.45, 2.75) is 51.9 Å². The summed E-state index contributed by atoms with van der Waals surface area (Å²) in [6.45, 7) is 6.70. The second-order valence-corrected chi connectivity index (χ2v) is 8.58. The van der Waals surface area contributed by atoms with Gasteiger partial charge in [-0.3, -0.25) is 9.59 Å². The number of hydrogen-bond acceptors (Lipinski definition) is 3. The average molecular weight is 464 g/mol. The molecule has 7 heteroatoms. The highest BCUT2D eigenvalue weighted by Gasteiger charge is 2.31. The van der Waals surface area contributed by atoms with Gasteiger partial charge < -0.3 is 19.9 Å². The van der Waals surface area contributed by atoms with Crippen LogP contribution in [-0.2, 0) is 11.3 Å². The molecule has 6 nitrogen and oxygen atoms in total. The van der Waals surface area contributed by atoms with Crippen LogP contribution in [0.25, 0.3) is 0 Å². The number of hydrogen-bond donors (Lipinski definition) is 2. The van der Waals surface area contributed by atoms with Crippen molar-refractivity contribution in [3.63, 3.8) is 0 Å². The van der Waals surface area contributed by atoms with Gasteiger partial charge >= 0.3 is 0 Å². The molecule has 34 heavy (non-hydrogen) atoms. The maximum absolute atomic E-state index is 13.3. The highest BCUT2D eigenvalue weighted by Crippen LogP contribution is 2.30. The first kappa shape index (κ1) is 23.7. The van der Waals surface area contributed by atoms with Crippen molar-refractivity contribution >= 4 is 11.8 Å². The van der Waals surface area contributed by atoms with Gasteiger partial charge in [0.05, 0.1) is 36.1 Å². The molecule has 0 spiro atoms. The number of nitrogens with one attached hydrogen (secondary N) is 2. The predicted molar refractivity (Wildman–Crippen MR) is 128 cm³/mol. The van der Waals surface area contributed by atoms with Gasteiger partial charge in [0.25, 0.3) is 11.8 Å². The molecule has 2 heterocycles. The number of amides is 2. The Hall–Kier alpha value is -3.45. The average Bonchev–Trinajstić information content (AvgIpc) is 3.25. The summed E-state index contributed by atoms with van der Waals surface area (Å²) in [4.78, 5) is 26.6. The highest BCUT2D eigenvalue weighted by atomic mass is 19.1. The van der Waals surface area contributed by atoms with Crippen LogP contribution >= 0.6 is 0 Å². The zero-order valence-corrected chi connectivity index (χ0v) is 19.7. The quantitative estimate of drug-likeness (QED) is 0.513. The molecule has 178 valence electrons. The Morgan fingerprint density at radius 3 is 2.44 bits per heavy atom. The standard InChI is InChI=1S/C27H30FN3O3/c1-4-23(20-8-6-5-7-9-20)30-27(33)24-16-22(25-18(3)34-15-14-31(24)25)26(32)29-17(2)19-10-12-21(28)13-11-19/h5-13,16-18,23H,4,14-15H2,1-3H3,(H,29,32)(H,30,33)/t17?,18?,23-/m1/s1. The molecule has 2 N–H and O–H groups in total. The van der Waals surface area contributed by atoms with Crippen molar-refractivity contribution in [3.8, 4) is 0 Å². The molecule has 4 rings (SSSR count). The molecular formula is C27H30FN3O3. The Bertz CT molecular complexity index is 1160. The lowest BCUT2D eigenvalue weighted by molar-refractivity contribution is 0.0309. The summed E-state index contributed by atoms with van der Waals surface area (Å²) < 4.78 is 20.9. The Morgan fingerprint density at radius 1 is 1.06 bits per heavy atom. The van der Waals surface area contributed by atoms with Crippen molar-refractivity contribution < 1.29 is 18.7 Å². The van der Waals surface area contributed by atoms with E-state index in [-0.39, 0.29) is 35.8 Å². The van der Waals surface area contributed by atoms with Crippen molar-refractivity contribution in [3.05, 3.63) is 94.6 Å². The fourth-order valence-corrected chi connectivity index (χ4v) is 4.46. The first-order valence-corrected chi connectivity index (χ1v) is 11.7. The zero-order valence-electron chi connectivity index (χ0n) is 19.7. The molecular weight excluding hydrogens is 433 g/mol. The molecule has 2 unspecified atom stereocenters. The third-order valence-corrected chi connectivity index (χ3v) is 6.32. The SMILES string of the molecule is CC[C@@H](NC(=O)c1cc(C(=O)NC(C)c2ccc(F)cc2)c2n1CCOC2C)c1ccccc1. The van der Waals surface area contributed by atoms with Gasteiger partial charge in [-0.25, -0.2) is 4.39 Å². The van der Waals surface area contributed by atoms with E-state index in [1.807, 2.05) is 55.7 Å².